The Bertz CT molecular complexity index is 802. The molecule has 1 aromatic rings. The lowest BCUT2D eigenvalue weighted by Gasteiger charge is -2.33. The number of hydrogen-bond acceptors (Lipinski definition) is 6. The van der Waals surface area contributed by atoms with Crippen molar-refractivity contribution in [2.24, 2.45) is 0 Å². The van der Waals surface area contributed by atoms with Crippen molar-refractivity contribution in [1.29, 1.82) is 0 Å². The summed E-state index contributed by atoms with van der Waals surface area (Å²) in [6.07, 6.45) is 5.07. The maximum atomic E-state index is 12.5. The minimum Gasteiger partial charge on any atom is -0.339 e. The van der Waals surface area contributed by atoms with Crippen LogP contribution in [0.4, 0.5) is 0 Å². The highest BCUT2D eigenvalue weighted by Crippen LogP contribution is 2.16. The van der Waals surface area contributed by atoms with E-state index < -0.39 is 31.5 Å². The van der Waals surface area contributed by atoms with Crippen LogP contribution in [0.1, 0.15) is 26.2 Å². The number of carbonyl (C=O) groups excluding carboxylic acids is 1. The smallest absolute Gasteiger partial charge is 0.244 e. The Morgan fingerprint density at radius 3 is 2.38 bits per heavy atom. The standard InChI is InChI=1S/C16H25N3O5S2/c1-2-3-4-12-25(21,22)14-16(20)18-8-10-19(11-9-18)26(23,24)15-6-5-7-17-13-15/h5-7,13H,2-4,8-12,14H2,1H3. The Kier molecular flexibility index (Phi) is 7.13. The number of amides is 1. The minimum absolute atomic E-state index is 0.0158. The quantitative estimate of drug-likeness (QED) is 0.586. The van der Waals surface area contributed by atoms with E-state index in [9.17, 15) is 21.6 Å². The first-order chi connectivity index (χ1) is 12.3. The summed E-state index contributed by atoms with van der Waals surface area (Å²) in [6.45, 7) is 2.63. The fourth-order valence-electron chi connectivity index (χ4n) is 2.75. The Morgan fingerprint density at radius 1 is 1.12 bits per heavy atom. The molecule has 1 aromatic heterocycles. The Balaban J connectivity index is 1.91. The zero-order chi connectivity index (χ0) is 19.2. The fraction of sp³-hybridized carbons (Fsp3) is 0.625. The van der Waals surface area contributed by atoms with Gasteiger partial charge in [0.05, 0.1) is 5.75 Å². The van der Waals surface area contributed by atoms with Crippen molar-refractivity contribution in [2.75, 3.05) is 37.7 Å². The molecule has 0 bridgehead atoms. The van der Waals surface area contributed by atoms with Crippen LogP contribution in [0.15, 0.2) is 29.4 Å². The zero-order valence-electron chi connectivity index (χ0n) is 14.9. The second-order valence-corrected chi connectivity index (χ2v) is 10.4. The van der Waals surface area contributed by atoms with Gasteiger partial charge in [0.1, 0.15) is 10.6 Å². The highest BCUT2D eigenvalue weighted by molar-refractivity contribution is 7.92. The van der Waals surface area contributed by atoms with Crippen LogP contribution in [0.5, 0.6) is 0 Å². The summed E-state index contributed by atoms with van der Waals surface area (Å²) in [7, 11) is -7.07. The summed E-state index contributed by atoms with van der Waals surface area (Å²) in [4.78, 5) is 17.6. The van der Waals surface area contributed by atoms with Crippen LogP contribution in [-0.2, 0) is 24.7 Å². The Labute approximate surface area is 155 Å². The molecule has 0 radical (unpaired) electrons. The van der Waals surface area contributed by atoms with Gasteiger partial charge in [-0.25, -0.2) is 16.8 Å². The first kappa shape index (κ1) is 20.8. The van der Waals surface area contributed by atoms with Gasteiger partial charge in [0.15, 0.2) is 9.84 Å². The van der Waals surface area contributed by atoms with E-state index in [0.29, 0.717) is 6.42 Å². The summed E-state index contributed by atoms with van der Waals surface area (Å²) in [5.41, 5.74) is 0. The maximum absolute atomic E-state index is 12.5. The van der Waals surface area contributed by atoms with Gasteiger partial charge >= 0.3 is 0 Å². The lowest BCUT2D eigenvalue weighted by atomic mass is 10.3. The number of piperazine rings is 1. The Morgan fingerprint density at radius 2 is 1.81 bits per heavy atom. The maximum Gasteiger partial charge on any atom is 0.244 e. The summed E-state index contributed by atoms with van der Waals surface area (Å²) in [5.74, 6) is -0.950. The van der Waals surface area contributed by atoms with E-state index in [-0.39, 0.29) is 36.8 Å². The third kappa shape index (κ3) is 5.49. The second kappa shape index (κ2) is 8.92. The molecule has 8 nitrogen and oxygen atoms in total. The molecular weight excluding hydrogens is 378 g/mol. The van der Waals surface area contributed by atoms with Crippen LogP contribution in [-0.4, -0.2) is 74.6 Å². The van der Waals surface area contributed by atoms with Gasteiger partial charge in [-0.1, -0.05) is 19.8 Å². The summed E-state index contributed by atoms with van der Waals surface area (Å²) < 4.78 is 50.4. The van der Waals surface area contributed by atoms with E-state index in [0.717, 1.165) is 12.8 Å². The monoisotopic (exact) mass is 403 g/mol. The van der Waals surface area contributed by atoms with Crippen LogP contribution in [0, 0.1) is 0 Å². The summed E-state index contributed by atoms with van der Waals surface area (Å²) in [6, 6.07) is 3.03. The molecule has 0 unspecified atom stereocenters. The Hall–Kier alpha value is -1.52. The molecule has 0 aliphatic carbocycles. The van der Waals surface area contributed by atoms with Crippen LogP contribution >= 0.6 is 0 Å². The van der Waals surface area contributed by atoms with Crippen molar-refractivity contribution in [3.63, 3.8) is 0 Å². The highest BCUT2D eigenvalue weighted by Gasteiger charge is 2.31. The molecule has 1 aliphatic heterocycles. The van der Waals surface area contributed by atoms with Gasteiger partial charge in [0.25, 0.3) is 0 Å². The van der Waals surface area contributed by atoms with Gasteiger partial charge in [-0.15, -0.1) is 0 Å². The minimum atomic E-state index is -3.65. The van der Waals surface area contributed by atoms with Gasteiger partial charge in [0.2, 0.25) is 15.9 Å². The molecule has 1 saturated heterocycles. The first-order valence-corrected chi connectivity index (χ1v) is 11.9. The summed E-state index contributed by atoms with van der Waals surface area (Å²) >= 11 is 0. The third-order valence-electron chi connectivity index (χ3n) is 4.27. The van der Waals surface area contributed by atoms with E-state index in [1.807, 2.05) is 6.92 Å². The number of aromatic nitrogens is 1. The van der Waals surface area contributed by atoms with Gasteiger partial charge in [-0.05, 0) is 18.6 Å². The molecule has 10 heteroatoms. The number of unbranched alkanes of at least 4 members (excludes halogenated alkanes) is 2. The largest absolute Gasteiger partial charge is 0.339 e. The molecule has 1 fully saturated rings. The van der Waals surface area contributed by atoms with Crippen molar-refractivity contribution in [1.82, 2.24) is 14.2 Å². The SMILES string of the molecule is CCCCCS(=O)(=O)CC(=O)N1CCN(S(=O)(=O)c2cccnc2)CC1. The van der Waals surface area contributed by atoms with Crippen molar-refractivity contribution in [3.05, 3.63) is 24.5 Å². The molecule has 0 spiro atoms. The molecule has 2 heterocycles. The highest BCUT2D eigenvalue weighted by atomic mass is 32.2. The molecule has 0 atom stereocenters. The van der Waals surface area contributed by atoms with E-state index in [2.05, 4.69) is 4.98 Å². The van der Waals surface area contributed by atoms with E-state index >= 15 is 0 Å². The normalized spacial score (nSPS) is 16.6. The number of hydrogen-bond donors (Lipinski definition) is 0. The molecule has 1 amide bonds. The van der Waals surface area contributed by atoms with Gasteiger partial charge in [-0.2, -0.15) is 4.31 Å². The van der Waals surface area contributed by atoms with E-state index in [4.69, 9.17) is 0 Å². The number of sulfonamides is 1. The predicted octanol–water partition coefficient (Wildman–Crippen LogP) is 0.520. The number of rotatable bonds is 8. The van der Waals surface area contributed by atoms with Crippen LogP contribution in [0.25, 0.3) is 0 Å². The lowest BCUT2D eigenvalue weighted by molar-refractivity contribution is -0.129. The van der Waals surface area contributed by atoms with Gasteiger partial charge in [0, 0.05) is 38.6 Å². The molecular formula is C16H25N3O5S2. The number of sulfone groups is 1. The molecule has 0 aromatic carbocycles. The second-order valence-electron chi connectivity index (χ2n) is 6.27. The van der Waals surface area contributed by atoms with Crippen LogP contribution in [0.3, 0.4) is 0 Å². The van der Waals surface area contributed by atoms with E-state index in [1.165, 1.54) is 27.7 Å². The average molecular weight is 404 g/mol. The molecule has 146 valence electrons. The lowest BCUT2D eigenvalue weighted by Crippen LogP contribution is -2.51. The van der Waals surface area contributed by atoms with Crippen LogP contribution < -0.4 is 0 Å². The molecule has 1 aliphatic rings. The van der Waals surface area contributed by atoms with Crippen LogP contribution in [0.2, 0.25) is 0 Å². The van der Waals surface area contributed by atoms with E-state index in [1.54, 1.807) is 6.07 Å². The fourth-order valence-corrected chi connectivity index (χ4v) is 5.48. The van der Waals surface area contributed by atoms with Crippen molar-refractivity contribution in [3.8, 4) is 0 Å². The number of carbonyl (C=O) groups is 1. The van der Waals surface area contributed by atoms with Crippen molar-refractivity contribution in [2.45, 2.75) is 31.1 Å². The first-order valence-electron chi connectivity index (χ1n) is 8.64. The number of pyridine rings is 1. The van der Waals surface area contributed by atoms with Crippen molar-refractivity contribution < 1.29 is 21.6 Å². The zero-order valence-corrected chi connectivity index (χ0v) is 16.5. The number of nitrogens with zero attached hydrogens (tertiary/aromatic N) is 3. The topological polar surface area (TPSA) is 105 Å². The molecule has 0 N–H and O–H groups in total. The van der Waals surface area contributed by atoms with Crippen molar-refractivity contribution >= 4 is 25.8 Å². The molecule has 26 heavy (non-hydrogen) atoms. The van der Waals surface area contributed by atoms with Gasteiger partial charge < -0.3 is 4.90 Å². The third-order valence-corrected chi connectivity index (χ3v) is 7.75. The summed E-state index contributed by atoms with van der Waals surface area (Å²) in [5, 5.41) is 0. The van der Waals surface area contributed by atoms with Gasteiger partial charge in [-0.3, -0.25) is 9.78 Å². The predicted molar refractivity (Wildman–Crippen MR) is 97.8 cm³/mol. The average Bonchev–Trinajstić information content (AvgIpc) is 2.62. The molecule has 2 rings (SSSR count). The molecule has 0 saturated carbocycles.